The SMILES string of the molecule is Cc1cc(-c2noc(CCC(=O)N3CCN(Cc4cccc5ccccc45)CC3)n2)ccc1F. The zero-order valence-electron chi connectivity index (χ0n) is 19.2. The molecule has 0 bridgehead atoms. The molecule has 0 saturated carbocycles. The highest BCUT2D eigenvalue weighted by Crippen LogP contribution is 2.22. The van der Waals surface area contributed by atoms with E-state index in [0.717, 1.165) is 19.6 Å². The largest absolute Gasteiger partial charge is 0.340 e. The van der Waals surface area contributed by atoms with Gasteiger partial charge in [0.15, 0.2) is 0 Å². The number of hydrogen-bond acceptors (Lipinski definition) is 5. The quantitative estimate of drug-likeness (QED) is 0.422. The summed E-state index contributed by atoms with van der Waals surface area (Å²) in [6.45, 7) is 5.71. The highest BCUT2D eigenvalue weighted by molar-refractivity contribution is 5.85. The number of carbonyl (C=O) groups is 1. The third-order valence-electron chi connectivity index (χ3n) is 6.44. The van der Waals surface area contributed by atoms with Crippen LogP contribution in [0.4, 0.5) is 4.39 Å². The number of piperazine rings is 1. The van der Waals surface area contributed by atoms with Gasteiger partial charge in [0.05, 0.1) is 0 Å². The van der Waals surface area contributed by atoms with E-state index < -0.39 is 0 Å². The second-order valence-corrected chi connectivity index (χ2v) is 8.77. The van der Waals surface area contributed by atoms with Gasteiger partial charge < -0.3 is 9.42 Å². The molecule has 0 radical (unpaired) electrons. The van der Waals surface area contributed by atoms with E-state index in [1.54, 1.807) is 19.1 Å². The summed E-state index contributed by atoms with van der Waals surface area (Å²) in [7, 11) is 0. The summed E-state index contributed by atoms with van der Waals surface area (Å²) >= 11 is 0. The summed E-state index contributed by atoms with van der Waals surface area (Å²) in [4.78, 5) is 21.4. The maximum Gasteiger partial charge on any atom is 0.227 e. The van der Waals surface area contributed by atoms with Gasteiger partial charge in [-0.3, -0.25) is 9.69 Å². The molecule has 4 aromatic rings. The third kappa shape index (κ3) is 4.84. The molecule has 3 aromatic carbocycles. The van der Waals surface area contributed by atoms with Crippen LogP contribution in [0, 0.1) is 12.7 Å². The van der Waals surface area contributed by atoms with Gasteiger partial charge in [-0.1, -0.05) is 47.6 Å². The molecule has 7 heteroatoms. The second-order valence-electron chi connectivity index (χ2n) is 8.77. The van der Waals surface area contributed by atoms with Crippen LogP contribution in [0.5, 0.6) is 0 Å². The molecular formula is C27H27FN4O2. The Morgan fingerprint density at radius 2 is 1.82 bits per heavy atom. The van der Waals surface area contributed by atoms with Crippen LogP contribution in [-0.2, 0) is 17.8 Å². The van der Waals surface area contributed by atoms with Crippen LogP contribution in [0.25, 0.3) is 22.2 Å². The molecule has 1 amide bonds. The number of rotatable bonds is 6. The number of nitrogens with zero attached hydrogens (tertiary/aromatic N) is 4. The topological polar surface area (TPSA) is 62.5 Å². The van der Waals surface area contributed by atoms with Gasteiger partial charge >= 0.3 is 0 Å². The molecule has 0 unspecified atom stereocenters. The maximum absolute atomic E-state index is 13.5. The van der Waals surface area contributed by atoms with Gasteiger partial charge in [0.1, 0.15) is 5.82 Å². The summed E-state index contributed by atoms with van der Waals surface area (Å²) in [5, 5.41) is 6.53. The smallest absolute Gasteiger partial charge is 0.227 e. The molecule has 2 heterocycles. The van der Waals surface area contributed by atoms with Crippen molar-refractivity contribution in [2.24, 2.45) is 0 Å². The molecule has 0 spiro atoms. The zero-order chi connectivity index (χ0) is 23.5. The minimum absolute atomic E-state index is 0.0992. The van der Waals surface area contributed by atoms with Crippen molar-refractivity contribution in [1.82, 2.24) is 19.9 Å². The van der Waals surface area contributed by atoms with Crippen LogP contribution < -0.4 is 0 Å². The van der Waals surface area contributed by atoms with E-state index in [-0.39, 0.29) is 11.7 Å². The summed E-state index contributed by atoms with van der Waals surface area (Å²) in [6.07, 6.45) is 0.718. The number of carbonyl (C=O) groups excluding carboxylic acids is 1. The first-order valence-electron chi connectivity index (χ1n) is 11.6. The average molecular weight is 459 g/mol. The van der Waals surface area contributed by atoms with Crippen molar-refractivity contribution in [3.8, 4) is 11.4 Å². The molecule has 1 saturated heterocycles. The van der Waals surface area contributed by atoms with Gasteiger partial charge in [0, 0.05) is 51.1 Å². The Kier molecular flexibility index (Phi) is 6.36. The molecule has 174 valence electrons. The first-order valence-corrected chi connectivity index (χ1v) is 11.6. The van der Waals surface area contributed by atoms with Crippen molar-refractivity contribution in [2.45, 2.75) is 26.3 Å². The van der Waals surface area contributed by atoms with Crippen molar-refractivity contribution < 1.29 is 13.7 Å². The van der Waals surface area contributed by atoms with Crippen molar-refractivity contribution in [3.63, 3.8) is 0 Å². The third-order valence-corrected chi connectivity index (χ3v) is 6.44. The fraction of sp³-hybridized carbons (Fsp3) is 0.296. The van der Waals surface area contributed by atoms with Gasteiger partial charge in [-0.05, 0) is 47.0 Å². The van der Waals surface area contributed by atoms with Crippen molar-refractivity contribution in [2.75, 3.05) is 26.2 Å². The highest BCUT2D eigenvalue weighted by atomic mass is 19.1. The number of benzene rings is 3. The predicted octanol–water partition coefficient (Wildman–Crippen LogP) is 4.61. The number of halogens is 1. The molecule has 0 aliphatic carbocycles. The fourth-order valence-electron chi connectivity index (χ4n) is 4.46. The molecule has 0 N–H and O–H groups in total. The number of aryl methyl sites for hydroxylation is 2. The summed E-state index contributed by atoms with van der Waals surface area (Å²) in [5.41, 5.74) is 2.54. The minimum Gasteiger partial charge on any atom is -0.340 e. The van der Waals surface area contributed by atoms with Crippen molar-refractivity contribution in [3.05, 3.63) is 83.5 Å². The molecule has 6 nitrogen and oxygen atoms in total. The lowest BCUT2D eigenvalue weighted by Crippen LogP contribution is -2.48. The number of hydrogen-bond donors (Lipinski definition) is 0. The van der Waals surface area contributed by atoms with Crippen LogP contribution in [0.1, 0.15) is 23.4 Å². The van der Waals surface area contributed by atoms with Crippen LogP contribution in [-0.4, -0.2) is 52.0 Å². The molecule has 34 heavy (non-hydrogen) atoms. The number of amides is 1. The fourth-order valence-corrected chi connectivity index (χ4v) is 4.46. The van der Waals surface area contributed by atoms with E-state index in [1.807, 2.05) is 4.90 Å². The second kappa shape index (κ2) is 9.73. The van der Waals surface area contributed by atoms with E-state index in [2.05, 4.69) is 57.5 Å². The van der Waals surface area contributed by atoms with E-state index in [0.29, 0.717) is 48.8 Å². The minimum atomic E-state index is -0.268. The molecule has 1 aliphatic heterocycles. The summed E-state index contributed by atoms with van der Waals surface area (Å²) in [5.74, 6) is 0.657. The molecular weight excluding hydrogens is 431 g/mol. The Morgan fingerprint density at radius 3 is 2.65 bits per heavy atom. The Labute approximate surface area is 198 Å². The Bertz CT molecular complexity index is 1310. The zero-order valence-corrected chi connectivity index (χ0v) is 19.2. The normalized spacial score (nSPS) is 14.6. The highest BCUT2D eigenvalue weighted by Gasteiger charge is 2.22. The summed E-state index contributed by atoms with van der Waals surface area (Å²) < 4.78 is 18.8. The maximum atomic E-state index is 13.5. The van der Waals surface area contributed by atoms with E-state index in [9.17, 15) is 9.18 Å². The van der Waals surface area contributed by atoms with Crippen molar-refractivity contribution >= 4 is 16.7 Å². The van der Waals surface area contributed by atoms with Gasteiger partial charge in [-0.15, -0.1) is 0 Å². The lowest BCUT2D eigenvalue weighted by atomic mass is 10.0. The van der Waals surface area contributed by atoms with Gasteiger partial charge in [0.25, 0.3) is 0 Å². The van der Waals surface area contributed by atoms with Crippen LogP contribution in [0.3, 0.4) is 0 Å². The predicted molar refractivity (Wildman–Crippen MR) is 129 cm³/mol. The first kappa shape index (κ1) is 22.2. The average Bonchev–Trinajstić information content (AvgIpc) is 3.34. The summed E-state index contributed by atoms with van der Waals surface area (Å²) in [6, 6.07) is 19.6. The van der Waals surface area contributed by atoms with E-state index in [4.69, 9.17) is 4.52 Å². The lowest BCUT2D eigenvalue weighted by Gasteiger charge is -2.35. The Morgan fingerprint density at radius 1 is 1.03 bits per heavy atom. The monoisotopic (exact) mass is 458 g/mol. The molecule has 5 rings (SSSR count). The van der Waals surface area contributed by atoms with Crippen molar-refractivity contribution in [1.29, 1.82) is 0 Å². The molecule has 0 atom stereocenters. The van der Waals surface area contributed by atoms with Crippen LogP contribution in [0.2, 0.25) is 0 Å². The first-order chi connectivity index (χ1) is 16.6. The number of aromatic nitrogens is 2. The van der Waals surface area contributed by atoms with E-state index in [1.165, 1.54) is 22.4 Å². The standard InChI is InChI=1S/C27H27FN4O2/c1-19-17-21(9-10-24(19)28)27-29-25(34-30-27)11-12-26(33)32-15-13-31(14-16-32)18-22-7-4-6-20-5-2-3-8-23(20)22/h2-10,17H,11-16,18H2,1H3. The van der Waals surface area contributed by atoms with Crippen LogP contribution >= 0.6 is 0 Å². The molecule has 1 aromatic heterocycles. The Balaban J connectivity index is 1.12. The number of fused-ring (bicyclic) bond motifs is 1. The van der Waals surface area contributed by atoms with Gasteiger partial charge in [-0.25, -0.2) is 4.39 Å². The lowest BCUT2D eigenvalue weighted by molar-refractivity contribution is -0.133. The van der Waals surface area contributed by atoms with Gasteiger partial charge in [-0.2, -0.15) is 4.98 Å². The van der Waals surface area contributed by atoms with Gasteiger partial charge in [0.2, 0.25) is 17.6 Å². The molecule has 1 aliphatic rings. The van der Waals surface area contributed by atoms with Crippen LogP contribution in [0.15, 0.2) is 65.2 Å². The molecule has 1 fully saturated rings. The Hall–Kier alpha value is -3.58. The van der Waals surface area contributed by atoms with E-state index >= 15 is 0 Å².